The van der Waals surface area contributed by atoms with Crippen molar-refractivity contribution >= 4 is 23.4 Å². The molecular formula is C19H18N6OS. The molecule has 1 aromatic heterocycles. The van der Waals surface area contributed by atoms with Crippen molar-refractivity contribution in [2.24, 2.45) is 0 Å². The summed E-state index contributed by atoms with van der Waals surface area (Å²) in [7, 11) is 0. The lowest BCUT2D eigenvalue weighted by atomic mass is 10.1. The first-order valence-electron chi connectivity index (χ1n) is 8.31. The van der Waals surface area contributed by atoms with Crippen LogP contribution in [0.15, 0.2) is 47.6 Å². The average Bonchev–Trinajstić information content (AvgIpc) is 3.12. The van der Waals surface area contributed by atoms with E-state index in [1.165, 1.54) is 11.8 Å². The van der Waals surface area contributed by atoms with E-state index in [2.05, 4.69) is 20.8 Å². The maximum absolute atomic E-state index is 12.5. The van der Waals surface area contributed by atoms with E-state index < -0.39 is 5.25 Å². The smallest absolute Gasteiger partial charge is 0.237 e. The van der Waals surface area contributed by atoms with Gasteiger partial charge < -0.3 is 5.32 Å². The Hall–Kier alpha value is -3.18. The lowest BCUT2D eigenvalue weighted by Crippen LogP contribution is -2.23. The van der Waals surface area contributed by atoms with Gasteiger partial charge in [0.05, 0.1) is 22.6 Å². The van der Waals surface area contributed by atoms with Gasteiger partial charge in [-0.1, -0.05) is 23.9 Å². The number of amides is 1. The van der Waals surface area contributed by atoms with Crippen molar-refractivity contribution in [1.29, 1.82) is 5.26 Å². The maximum Gasteiger partial charge on any atom is 0.237 e. The fourth-order valence-electron chi connectivity index (χ4n) is 2.43. The number of tetrazole rings is 1. The molecule has 1 heterocycles. The predicted molar refractivity (Wildman–Crippen MR) is 104 cm³/mol. The monoisotopic (exact) mass is 378 g/mol. The van der Waals surface area contributed by atoms with Gasteiger partial charge in [0.25, 0.3) is 0 Å². The van der Waals surface area contributed by atoms with Crippen molar-refractivity contribution in [1.82, 2.24) is 20.2 Å². The fourth-order valence-corrected chi connectivity index (χ4v) is 3.24. The van der Waals surface area contributed by atoms with Crippen LogP contribution in [0.2, 0.25) is 0 Å². The van der Waals surface area contributed by atoms with Gasteiger partial charge in [0, 0.05) is 5.69 Å². The van der Waals surface area contributed by atoms with E-state index in [0.29, 0.717) is 16.4 Å². The molecule has 27 heavy (non-hydrogen) atoms. The Morgan fingerprint density at radius 3 is 2.67 bits per heavy atom. The number of carbonyl (C=O) groups is 1. The second kappa shape index (κ2) is 8.01. The van der Waals surface area contributed by atoms with Gasteiger partial charge in [0.1, 0.15) is 0 Å². The number of anilines is 1. The number of aryl methyl sites for hydroxylation is 2. The van der Waals surface area contributed by atoms with E-state index in [4.69, 9.17) is 5.26 Å². The molecule has 0 spiro atoms. The Labute approximate surface area is 161 Å². The highest BCUT2D eigenvalue weighted by atomic mass is 32.2. The third-order valence-electron chi connectivity index (χ3n) is 3.97. The number of nitrogens with zero attached hydrogens (tertiary/aromatic N) is 5. The number of hydrogen-bond donors (Lipinski definition) is 1. The molecule has 8 heteroatoms. The third kappa shape index (κ3) is 4.33. The van der Waals surface area contributed by atoms with Crippen LogP contribution in [0.25, 0.3) is 5.69 Å². The molecule has 0 radical (unpaired) electrons. The van der Waals surface area contributed by atoms with Crippen molar-refractivity contribution < 1.29 is 4.79 Å². The third-order valence-corrected chi connectivity index (χ3v) is 5.00. The summed E-state index contributed by atoms with van der Waals surface area (Å²) in [4.78, 5) is 12.5. The Balaban J connectivity index is 1.74. The second-order valence-electron chi connectivity index (χ2n) is 6.10. The number of rotatable bonds is 5. The average molecular weight is 378 g/mol. The highest BCUT2D eigenvalue weighted by Crippen LogP contribution is 2.25. The van der Waals surface area contributed by atoms with Gasteiger partial charge in [-0.15, -0.1) is 5.10 Å². The molecule has 1 amide bonds. The van der Waals surface area contributed by atoms with Gasteiger partial charge >= 0.3 is 0 Å². The maximum atomic E-state index is 12.5. The van der Waals surface area contributed by atoms with Gasteiger partial charge in [-0.05, 0) is 72.7 Å². The van der Waals surface area contributed by atoms with Crippen LogP contribution in [-0.2, 0) is 4.79 Å². The molecule has 0 fully saturated rings. The molecule has 0 aliphatic heterocycles. The summed E-state index contributed by atoms with van der Waals surface area (Å²) in [5, 5.41) is 23.7. The first kappa shape index (κ1) is 18.6. The summed E-state index contributed by atoms with van der Waals surface area (Å²) in [6, 6.07) is 14.8. The van der Waals surface area contributed by atoms with Gasteiger partial charge in [-0.3, -0.25) is 4.79 Å². The topological polar surface area (TPSA) is 96.5 Å². The van der Waals surface area contributed by atoms with E-state index >= 15 is 0 Å². The quantitative estimate of drug-likeness (QED) is 0.685. The molecule has 0 aliphatic rings. The van der Waals surface area contributed by atoms with Crippen LogP contribution < -0.4 is 5.32 Å². The van der Waals surface area contributed by atoms with E-state index in [9.17, 15) is 4.79 Å². The molecule has 136 valence electrons. The molecular weight excluding hydrogens is 360 g/mol. The van der Waals surface area contributed by atoms with Crippen molar-refractivity contribution in [2.45, 2.75) is 31.2 Å². The molecule has 0 saturated heterocycles. The van der Waals surface area contributed by atoms with Crippen molar-refractivity contribution in [2.75, 3.05) is 5.32 Å². The zero-order chi connectivity index (χ0) is 19.4. The molecule has 0 saturated carbocycles. The van der Waals surface area contributed by atoms with E-state index in [-0.39, 0.29) is 5.91 Å². The highest BCUT2D eigenvalue weighted by molar-refractivity contribution is 8.00. The van der Waals surface area contributed by atoms with E-state index in [1.807, 2.05) is 38.1 Å². The first-order chi connectivity index (χ1) is 13.0. The molecule has 1 atom stereocenters. The number of carbonyl (C=O) groups excluding carboxylic acids is 1. The number of hydrogen-bond acceptors (Lipinski definition) is 6. The largest absolute Gasteiger partial charge is 0.325 e. The van der Waals surface area contributed by atoms with Gasteiger partial charge in [0.15, 0.2) is 0 Å². The van der Waals surface area contributed by atoms with Crippen LogP contribution in [-0.4, -0.2) is 31.4 Å². The SMILES string of the molecule is Cc1ccc(C)c(-n2nnnc2S[C@@H](C)C(=O)Nc2ccc(C#N)cc2)c1. The normalized spacial score (nSPS) is 11.6. The van der Waals surface area contributed by atoms with Crippen LogP contribution in [0.3, 0.4) is 0 Å². The van der Waals surface area contributed by atoms with Gasteiger partial charge in [-0.25, -0.2) is 0 Å². The molecule has 3 aromatic rings. The molecule has 0 unspecified atom stereocenters. The molecule has 3 rings (SSSR count). The van der Waals surface area contributed by atoms with Crippen LogP contribution in [0.4, 0.5) is 5.69 Å². The summed E-state index contributed by atoms with van der Waals surface area (Å²) in [5.41, 5.74) is 4.23. The minimum Gasteiger partial charge on any atom is -0.325 e. The number of thioether (sulfide) groups is 1. The second-order valence-corrected chi connectivity index (χ2v) is 7.41. The zero-order valence-electron chi connectivity index (χ0n) is 15.2. The zero-order valence-corrected chi connectivity index (χ0v) is 16.0. The van der Waals surface area contributed by atoms with Crippen LogP contribution >= 0.6 is 11.8 Å². The van der Waals surface area contributed by atoms with E-state index in [0.717, 1.165) is 16.8 Å². The van der Waals surface area contributed by atoms with Crippen LogP contribution in [0.1, 0.15) is 23.6 Å². The lowest BCUT2D eigenvalue weighted by Gasteiger charge is -2.13. The summed E-state index contributed by atoms with van der Waals surface area (Å²) in [5.74, 6) is -0.166. The van der Waals surface area contributed by atoms with Gasteiger partial charge in [-0.2, -0.15) is 9.94 Å². The Kier molecular flexibility index (Phi) is 5.52. The summed E-state index contributed by atoms with van der Waals surface area (Å²) >= 11 is 1.28. The van der Waals surface area contributed by atoms with Crippen LogP contribution in [0, 0.1) is 25.2 Å². The summed E-state index contributed by atoms with van der Waals surface area (Å²) in [6.45, 7) is 5.80. The number of aromatic nitrogens is 4. The molecule has 0 bridgehead atoms. The fraction of sp³-hybridized carbons (Fsp3) is 0.211. The van der Waals surface area contributed by atoms with Crippen molar-refractivity contribution in [3.05, 3.63) is 59.2 Å². The van der Waals surface area contributed by atoms with Crippen molar-refractivity contribution in [3.63, 3.8) is 0 Å². The Morgan fingerprint density at radius 2 is 1.96 bits per heavy atom. The minimum atomic E-state index is -0.407. The van der Waals surface area contributed by atoms with E-state index in [1.54, 1.807) is 35.9 Å². The first-order valence-corrected chi connectivity index (χ1v) is 9.19. The standard InChI is InChI=1S/C19H18N6OS/c1-12-4-5-13(2)17(10-12)25-19(22-23-24-25)27-14(3)18(26)21-16-8-6-15(11-20)7-9-16/h4-10,14H,1-3H3,(H,21,26)/t14-/m0/s1. The Bertz CT molecular complexity index is 1010. The number of benzene rings is 2. The number of nitrogens with one attached hydrogen (secondary N) is 1. The molecule has 0 aliphatic carbocycles. The van der Waals surface area contributed by atoms with Crippen LogP contribution in [0.5, 0.6) is 0 Å². The highest BCUT2D eigenvalue weighted by Gasteiger charge is 2.20. The molecule has 2 aromatic carbocycles. The Morgan fingerprint density at radius 1 is 1.22 bits per heavy atom. The lowest BCUT2D eigenvalue weighted by molar-refractivity contribution is -0.115. The van der Waals surface area contributed by atoms with Gasteiger partial charge in [0.2, 0.25) is 11.1 Å². The summed E-state index contributed by atoms with van der Waals surface area (Å²) < 4.78 is 1.65. The minimum absolute atomic E-state index is 0.166. The number of nitriles is 1. The summed E-state index contributed by atoms with van der Waals surface area (Å²) in [6.07, 6.45) is 0. The molecule has 1 N–H and O–H groups in total. The molecule has 7 nitrogen and oxygen atoms in total. The van der Waals surface area contributed by atoms with Crippen molar-refractivity contribution in [3.8, 4) is 11.8 Å². The predicted octanol–water partition coefficient (Wildman–Crippen LogP) is 3.27.